The Morgan fingerprint density at radius 1 is 0.406 bits per heavy atom. The number of carbonyl (C=O) groups is 4. The monoisotopic (exact) mass is 1750 g/mol. The third kappa shape index (κ3) is 23.9. The lowest BCUT2D eigenvalue weighted by molar-refractivity contribution is -0.161. The summed E-state index contributed by atoms with van der Waals surface area (Å²) in [7, 11) is 0. The summed E-state index contributed by atoms with van der Waals surface area (Å²) in [5.41, 5.74) is 11.1. The van der Waals surface area contributed by atoms with Crippen molar-refractivity contribution in [1.82, 2.24) is 58.1 Å². The normalized spacial score (nSPS) is 17.8. The van der Waals surface area contributed by atoms with Crippen molar-refractivity contribution in [3.8, 4) is 90.1 Å². The molecule has 10 heterocycles. The highest BCUT2D eigenvalue weighted by Crippen LogP contribution is 2.50. The van der Waals surface area contributed by atoms with Gasteiger partial charge in [0.1, 0.15) is 58.3 Å². The quantitative estimate of drug-likeness (QED) is 0.0187. The SMILES string of the molecule is CC(C)(C)c1nc(-c2ccncc2)c(-c2ccc(F)cc2)n1CC[C@@H](O)C[C@@H](O)CC(=O)O.CC(C)(C)c1nc(-c2ccncc2)c(-c2ccc(F)cc2)n1CC[C@@H]1C[C@@H](O)CC(=O)O1.O=C(O)C[C@H](O)C[C@H](O)CCn1c(C2(O)CC2)nc(-c2ccncc2)c1-c1ccccc1.O=C1C[C@H](O)C[C@@H](CCn2c(C3(O)CC3)nc(-c3ccncc3)c2-c2ccccc2)O1. The average Bonchev–Trinajstić information content (AvgIpc) is 1.59. The number of carbonyl (C=O) groups excluding carboxylic acids is 2. The van der Waals surface area contributed by atoms with Gasteiger partial charge >= 0.3 is 23.9 Å². The average molecular weight is 1750 g/mol. The molecule has 0 unspecified atom stereocenters. The molecule has 4 aromatic carbocycles. The van der Waals surface area contributed by atoms with Crippen molar-refractivity contribution in [2.24, 2.45) is 0 Å². The number of pyridine rings is 4. The number of aromatic nitrogens is 12. The van der Waals surface area contributed by atoms with Crippen molar-refractivity contribution in [2.75, 3.05) is 0 Å². The van der Waals surface area contributed by atoms with Crippen LogP contribution < -0.4 is 0 Å². The highest BCUT2D eigenvalue weighted by atomic mass is 19.1. The van der Waals surface area contributed by atoms with Crippen molar-refractivity contribution in [2.45, 2.75) is 241 Å². The van der Waals surface area contributed by atoms with Gasteiger partial charge in [-0.2, -0.15) is 0 Å². The molecule has 2 aliphatic heterocycles. The van der Waals surface area contributed by atoms with Crippen LogP contribution in [-0.2, 0) is 76.9 Å². The number of benzene rings is 4. The summed E-state index contributed by atoms with van der Waals surface area (Å²) < 4.78 is 46.4. The summed E-state index contributed by atoms with van der Waals surface area (Å²) >= 11 is 0. The van der Waals surface area contributed by atoms with Crippen molar-refractivity contribution in [3.63, 3.8) is 0 Å². The van der Waals surface area contributed by atoms with Crippen LogP contribution in [-0.4, -0.2) is 182 Å². The predicted molar refractivity (Wildman–Crippen MR) is 474 cm³/mol. The van der Waals surface area contributed by atoms with Crippen LogP contribution in [0.15, 0.2) is 207 Å². The number of aliphatic hydroxyl groups excluding tert-OH is 6. The summed E-state index contributed by atoms with van der Waals surface area (Å²) in [4.78, 5) is 81.3. The number of rotatable bonds is 30. The first kappa shape index (κ1) is 93.4. The molecule has 128 heavy (non-hydrogen) atoms. The number of cyclic esters (lactones) is 2. The molecule has 8 atom stereocenters. The number of ether oxygens (including phenoxy) is 2. The van der Waals surface area contributed by atoms with Gasteiger partial charge in [-0.1, -0.05) is 102 Å². The minimum Gasteiger partial charge on any atom is -0.481 e. The van der Waals surface area contributed by atoms with E-state index in [-0.39, 0.29) is 78.7 Å². The van der Waals surface area contributed by atoms with Gasteiger partial charge in [0.2, 0.25) is 0 Å². The number of hydrogen-bond donors (Lipinski definition) is 10. The highest BCUT2D eigenvalue weighted by Gasteiger charge is 2.49. The number of imidazole rings is 4. The Bertz CT molecular complexity index is 5710. The molecule has 672 valence electrons. The fraction of sp³-hybridized carbons (Fsp3) is 0.388. The zero-order valence-corrected chi connectivity index (χ0v) is 72.4. The molecule has 0 radical (unpaired) electrons. The van der Waals surface area contributed by atoms with Crippen LogP contribution >= 0.6 is 0 Å². The zero-order valence-electron chi connectivity index (χ0n) is 72.4. The van der Waals surface area contributed by atoms with E-state index in [0.29, 0.717) is 95.6 Å². The molecule has 2 saturated carbocycles. The topological polar surface area (TPSA) is 412 Å². The van der Waals surface area contributed by atoms with E-state index in [4.69, 9.17) is 39.6 Å². The van der Waals surface area contributed by atoms with E-state index in [1.54, 1.807) is 73.8 Å². The van der Waals surface area contributed by atoms with E-state index in [9.17, 15) is 68.8 Å². The van der Waals surface area contributed by atoms with Crippen LogP contribution in [0.25, 0.3) is 90.1 Å². The molecular weight excluding hydrogens is 1640 g/mol. The molecule has 2 aliphatic carbocycles. The Kier molecular flexibility index (Phi) is 30.1. The Morgan fingerprint density at radius 3 is 1.01 bits per heavy atom. The lowest BCUT2D eigenvalue weighted by Crippen LogP contribution is -2.33. The Hall–Kier alpha value is -12.3. The van der Waals surface area contributed by atoms with Crippen molar-refractivity contribution in [1.29, 1.82) is 0 Å². The number of carboxylic acid groups (broad SMARTS) is 2. The molecule has 0 bridgehead atoms. The van der Waals surface area contributed by atoms with E-state index in [2.05, 4.69) is 49.8 Å². The summed E-state index contributed by atoms with van der Waals surface area (Å²) in [5.74, 6) is -0.715. The number of esters is 2. The second-order valence-electron chi connectivity index (χ2n) is 35.2. The van der Waals surface area contributed by atoms with Gasteiger partial charge in [0.05, 0.1) is 108 Å². The van der Waals surface area contributed by atoms with Crippen LogP contribution in [0.1, 0.15) is 168 Å². The molecule has 4 aliphatic rings. The molecule has 0 spiro atoms. The second kappa shape index (κ2) is 41.2. The molecular formula is C98H110F2N12O16. The largest absolute Gasteiger partial charge is 0.481 e. The molecule has 28 nitrogen and oxygen atoms in total. The predicted octanol–water partition coefficient (Wildman–Crippen LogP) is 14.2. The molecule has 10 N–H and O–H groups in total. The van der Waals surface area contributed by atoms with Gasteiger partial charge in [-0.15, -0.1) is 0 Å². The number of hydrogen-bond acceptors (Lipinski definition) is 22. The standard InChI is InChI=1S/C25H30FN3O4.C25H28FN3O3.C24H27N3O5.C24H25N3O4/c1-25(2,3)24-28-22(16-8-11-27-12-9-16)23(17-4-6-18(26)7-5-17)29(24)13-10-19(30)14-20(31)15-21(32)33;1-25(2,3)24-28-22(16-8-11-27-12-9-16)23(17-4-6-18(26)7-5-17)29(24)13-10-20-14-19(30)15-21(31)32-20;28-18(14-19(29)15-20(30)31)8-13-27-22(17-4-2-1-3-5-17)21(16-6-11-25-12-7-16)26-23(27)24(32)9-10-24;28-18-14-19(31-20(29)15-18)8-13-27-22(17-4-2-1-3-5-17)21(16-6-11-25-12-7-16)26-23(27)24(30)9-10-24/h4-9,11-12,19-20,30-31H,10,13-15H2,1-3H3,(H,32,33);4-9,11-12,19-20,30H,10,13-15H2,1-3H3;1-7,11-12,18-19,28-29,32H,8-10,13-15H2,(H,30,31);1-7,11-12,18-19,28,30H,8-10,13-15H2/t2*19-,20-;2*18-,19-/m1111/s1. The first-order valence-corrected chi connectivity index (χ1v) is 43.2. The second-order valence-corrected chi connectivity index (χ2v) is 35.2. The van der Waals surface area contributed by atoms with Crippen molar-refractivity contribution in [3.05, 3.63) is 242 Å². The molecule has 30 heteroatoms. The molecule has 2 saturated heterocycles. The van der Waals surface area contributed by atoms with Gasteiger partial charge in [-0.25, -0.2) is 28.7 Å². The van der Waals surface area contributed by atoms with E-state index in [0.717, 1.165) is 102 Å². The van der Waals surface area contributed by atoms with E-state index < -0.39 is 72.6 Å². The minimum absolute atomic E-state index is 0.0293. The van der Waals surface area contributed by atoms with Gasteiger partial charge in [0, 0.05) is 157 Å². The summed E-state index contributed by atoms with van der Waals surface area (Å²) in [6, 6.07) is 47.5. The zero-order chi connectivity index (χ0) is 91.2. The third-order valence-electron chi connectivity index (χ3n) is 22.7. The van der Waals surface area contributed by atoms with Crippen LogP contribution in [0, 0.1) is 11.6 Å². The maximum absolute atomic E-state index is 13.7. The summed E-state index contributed by atoms with van der Waals surface area (Å²) in [5, 5.41) is 100. The maximum Gasteiger partial charge on any atom is 0.308 e. The molecule has 4 fully saturated rings. The van der Waals surface area contributed by atoms with Crippen molar-refractivity contribution < 1.29 is 88.5 Å². The lowest BCUT2D eigenvalue weighted by Gasteiger charge is -2.27. The van der Waals surface area contributed by atoms with Gasteiger partial charge in [0.15, 0.2) is 0 Å². The Morgan fingerprint density at radius 2 is 0.695 bits per heavy atom. The van der Waals surface area contributed by atoms with Gasteiger partial charge in [-0.3, -0.25) is 39.1 Å². The van der Waals surface area contributed by atoms with E-state index >= 15 is 0 Å². The first-order chi connectivity index (χ1) is 61.2. The Labute approximate surface area is 740 Å². The van der Waals surface area contributed by atoms with Crippen LogP contribution in [0.3, 0.4) is 0 Å². The number of nitrogens with zero attached hydrogens (tertiary/aromatic N) is 12. The van der Waals surface area contributed by atoms with Crippen LogP contribution in [0.2, 0.25) is 0 Å². The van der Waals surface area contributed by atoms with Gasteiger partial charge in [0.25, 0.3) is 0 Å². The van der Waals surface area contributed by atoms with E-state index in [1.807, 2.05) is 139 Å². The van der Waals surface area contributed by atoms with Crippen molar-refractivity contribution >= 4 is 23.9 Å². The maximum atomic E-state index is 13.7. The first-order valence-electron chi connectivity index (χ1n) is 43.2. The Balaban J connectivity index is 0.000000146. The van der Waals surface area contributed by atoms with E-state index in [1.165, 1.54) is 24.3 Å². The molecule has 8 aromatic heterocycles. The minimum atomic E-state index is -1.12. The summed E-state index contributed by atoms with van der Waals surface area (Å²) in [6.45, 7) is 14.2. The third-order valence-corrected chi connectivity index (χ3v) is 22.7. The number of halogens is 2. The van der Waals surface area contributed by atoms with Gasteiger partial charge < -0.3 is 78.8 Å². The fourth-order valence-corrected chi connectivity index (χ4v) is 16.3. The number of aliphatic hydroxyl groups is 8. The molecule has 12 aromatic rings. The molecule has 0 amide bonds. The highest BCUT2D eigenvalue weighted by molar-refractivity contribution is 5.83. The van der Waals surface area contributed by atoms with Crippen LogP contribution in [0.4, 0.5) is 8.78 Å². The summed E-state index contributed by atoms with van der Waals surface area (Å²) in [6.07, 6.45) is 11.9. The number of aliphatic carboxylic acids is 2. The van der Waals surface area contributed by atoms with Crippen LogP contribution in [0.5, 0.6) is 0 Å². The number of carboxylic acids is 2. The fourth-order valence-electron chi connectivity index (χ4n) is 16.3. The smallest absolute Gasteiger partial charge is 0.308 e. The van der Waals surface area contributed by atoms with Gasteiger partial charge in [-0.05, 0) is 148 Å². The lowest BCUT2D eigenvalue weighted by atomic mass is 9.95. The molecule has 16 rings (SSSR count).